The fourth-order valence-corrected chi connectivity index (χ4v) is 2.92. The van der Waals surface area contributed by atoms with E-state index in [-0.39, 0.29) is 12.5 Å². The molecule has 0 bridgehead atoms. The molecule has 116 valence electrons. The molecular weight excluding hydrogens is 286 g/mol. The van der Waals surface area contributed by atoms with Crippen LogP contribution in [0.1, 0.15) is 18.4 Å². The maximum atomic E-state index is 12.6. The van der Waals surface area contributed by atoms with Gasteiger partial charge in [0.1, 0.15) is 12.6 Å². The number of nitrogens with zero attached hydrogens (tertiary/aromatic N) is 1. The fourth-order valence-electron chi connectivity index (χ4n) is 2.92. The van der Waals surface area contributed by atoms with Crippen molar-refractivity contribution in [1.29, 1.82) is 0 Å². The average Bonchev–Trinajstić information content (AvgIpc) is 3.02. The first-order valence-corrected chi connectivity index (χ1v) is 7.16. The van der Waals surface area contributed by atoms with Gasteiger partial charge in [-0.15, -0.1) is 0 Å². The lowest BCUT2D eigenvalue weighted by atomic mass is 10.1. The molecule has 0 saturated carbocycles. The first-order chi connectivity index (χ1) is 10.6. The number of carbonyl (C=O) groups is 2. The number of rotatable bonds is 3. The number of likely N-dealkylation sites (tertiary alicyclic amines) is 1. The molecule has 1 amide bonds. The molecule has 0 unspecified atom stereocenters. The number of methoxy groups -OCH3 is 1. The van der Waals surface area contributed by atoms with Crippen LogP contribution in [-0.2, 0) is 9.59 Å². The quantitative estimate of drug-likeness (QED) is 0.917. The number of benzene rings is 1. The third-order valence-corrected chi connectivity index (χ3v) is 4.00. The first-order valence-electron chi connectivity index (χ1n) is 7.16. The van der Waals surface area contributed by atoms with Crippen LogP contribution in [-0.4, -0.2) is 48.2 Å². The van der Waals surface area contributed by atoms with Gasteiger partial charge in [0.15, 0.2) is 11.5 Å². The predicted octanol–water partition coefficient (Wildman–Crippen LogP) is 1.55. The van der Waals surface area contributed by atoms with E-state index >= 15 is 0 Å². The topological polar surface area (TPSA) is 76.1 Å². The Kier molecular flexibility index (Phi) is 3.75. The van der Waals surface area contributed by atoms with Crippen LogP contribution in [0.4, 0.5) is 0 Å². The van der Waals surface area contributed by atoms with Crippen LogP contribution in [0, 0.1) is 0 Å². The molecule has 1 saturated heterocycles. The third kappa shape index (κ3) is 2.41. The van der Waals surface area contributed by atoms with Crippen molar-refractivity contribution in [3.63, 3.8) is 0 Å². The van der Waals surface area contributed by atoms with Crippen molar-refractivity contribution in [2.75, 3.05) is 20.3 Å². The number of fused-ring (bicyclic) bond motifs is 1. The summed E-state index contributed by atoms with van der Waals surface area (Å²) in [5.41, 5.74) is 1.23. The standard InChI is InChI=1S/C16H17NO5/c1-21-13-6-2-4-10-8-11(9-22-14(10)13)15(18)17-7-3-5-12(17)16(19)20/h2,4,6,8,12H,3,5,7,9H2,1H3,(H,19,20)/t12-/m0/s1. The number of carbonyl (C=O) groups excluding carboxylic acids is 1. The van der Waals surface area contributed by atoms with Crippen molar-refractivity contribution in [2.24, 2.45) is 0 Å². The predicted molar refractivity (Wildman–Crippen MR) is 78.8 cm³/mol. The molecule has 6 heteroatoms. The second kappa shape index (κ2) is 5.71. The van der Waals surface area contributed by atoms with Gasteiger partial charge in [-0.2, -0.15) is 0 Å². The van der Waals surface area contributed by atoms with E-state index in [0.717, 1.165) is 5.56 Å². The minimum absolute atomic E-state index is 0.120. The van der Waals surface area contributed by atoms with Crippen LogP contribution < -0.4 is 9.47 Å². The largest absolute Gasteiger partial charge is 0.493 e. The van der Waals surface area contributed by atoms with E-state index < -0.39 is 12.0 Å². The van der Waals surface area contributed by atoms with Crippen LogP contribution >= 0.6 is 0 Å². The highest BCUT2D eigenvalue weighted by Gasteiger charge is 2.36. The minimum Gasteiger partial charge on any atom is -0.493 e. The second-order valence-electron chi connectivity index (χ2n) is 5.33. The molecule has 22 heavy (non-hydrogen) atoms. The Morgan fingerprint density at radius 1 is 1.41 bits per heavy atom. The molecule has 1 fully saturated rings. The SMILES string of the molecule is COc1cccc2c1OCC(C(=O)N1CCC[C@H]1C(=O)O)=C2. The Morgan fingerprint density at radius 2 is 2.23 bits per heavy atom. The van der Waals surface area contributed by atoms with Gasteiger partial charge in [-0.1, -0.05) is 12.1 Å². The summed E-state index contributed by atoms with van der Waals surface area (Å²) in [5.74, 6) is 0.00575. The van der Waals surface area contributed by atoms with Gasteiger partial charge in [-0.3, -0.25) is 4.79 Å². The molecule has 2 aliphatic rings. The van der Waals surface area contributed by atoms with Gasteiger partial charge in [-0.05, 0) is 25.0 Å². The number of para-hydroxylation sites is 1. The number of carboxylic acids is 1. The van der Waals surface area contributed by atoms with Gasteiger partial charge in [-0.25, -0.2) is 4.79 Å². The molecular formula is C16H17NO5. The summed E-state index contributed by atoms with van der Waals surface area (Å²) in [6.07, 6.45) is 2.96. The van der Waals surface area contributed by atoms with Crippen molar-refractivity contribution >= 4 is 18.0 Å². The van der Waals surface area contributed by atoms with E-state index in [1.807, 2.05) is 12.1 Å². The van der Waals surface area contributed by atoms with Crippen LogP contribution in [0.15, 0.2) is 23.8 Å². The molecule has 0 spiro atoms. The van der Waals surface area contributed by atoms with Gasteiger partial charge in [0, 0.05) is 12.1 Å². The zero-order valence-corrected chi connectivity index (χ0v) is 12.2. The number of hydrogen-bond donors (Lipinski definition) is 1. The molecule has 2 heterocycles. The Hall–Kier alpha value is -2.50. The lowest BCUT2D eigenvalue weighted by Gasteiger charge is -2.25. The summed E-state index contributed by atoms with van der Waals surface area (Å²) in [5, 5.41) is 9.20. The van der Waals surface area contributed by atoms with Crippen molar-refractivity contribution in [3.8, 4) is 11.5 Å². The van der Waals surface area contributed by atoms with Crippen LogP contribution in [0.5, 0.6) is 11.5 Å². The highest BCUT2D eigenvalue weighted by molar-refractivity contribution is 6.01. The van der Waals surface area contributed by atoms with Gasteiger partial charge in [0.2, 0.25) is 0 Å². The van der Waals surface area contributed by atoms with E-state index in [4.69, 9.17) is 9.47 Å². The first kappa shape index (κ1) is 14.4. The molecule has 1 aromatic carbocycles. The maximum absolute atomic E-state index is 12.6. The molecule has 1 atom stereocenters. The number of aliphatic carboxylic acids is 1. The van der Waals surface area contributed by atoms with Crippen molar-refractivity contribution in [3.05, 3.63) is 29.3 Å². The van der Waals surface area contributed by atoms with Crippen LogP contribution in [0.3, 0.4) is 0 Å². The number of amides is 1. The monoisotopic (exact) mass is 303 g/mol. The van der Waals surface area contributed by atoms with E-state index in [2.05, 4.69) is 0 Å². The molecule has 1 aromatic rings. The summed E-state index contributed by atoms with van der Waals surface area (Å²) in [6.45, 7) is 0.590. The van der Waals surface area contributed by atoms with Crippen molar-refractivity contribution < 1.29 is 24.2 Å². The van der Waals surface area contributed by atoms with E-state index in [1.165, 1.54) is 4.90 Å². The van der Waals surface area contributed by atoms with Crippen LogP contribution in [0.25, 0.3) is 6.08 Å². The summed E-state index contributed by atoms with van der Waals surface area (Å²) < 4.78 is 10.9. The highest BCUT2D eigenvalue weighted by atomic mass is 16.5. The molecule has 0 radical (unpaired) electrons. The van der Waals surface area contributed by atoms with Crippen molar-refractivity contribution in [1.82, 2.24) is 4.90 Å². The van der Waals surface area contributed by atoms with Crippen LogP contribution in [0.2, 0.25) is 0 Å². The lowest BCUT2D eigenvalue weighted by Crippen LogP contribution is -2.42. The third-order valence-electron chi connectivity index (χ3n) is 4.00. The normalized spacial score (nSPS) is 20.0. The fraction of sp³-hybridized carbons (Fsp3) is 0.375. The molecule has 0 aromatic heterocycles. The molecule has 3 rings (SSSR count). The summed E-state index contributed by atoms with van der Waals surface area (Å²) in [4.78, 5) is 25.2. The molecule has 0 aliphatic carbocycles. The lowest BCUT2D eigenvalue weighted by molar-refractivity contribution is -0.147. The zero-order chi connectivity index (χ0) is 15.7. The van der Waals surface area contributed by atoms with Crippen molar-refractivity contribution in [2.45, 2.75) is 18.9 Å². The Morgan fingerprint density at radius 3 is 2.95 bits per heavy atom. The average molecular weight is 303 g/mol. The summed E-state index contributed by atoms with van der Waals surface area (Å²) in [7, 11) is 1.56. The molecule has 6 nitrogen and oxygen atoms in total. The van der Waals surface area contributed by atoms with E-state index in [1.54, 1.807) is 19.3 Å². The van der Waals surface area contributed by atoms with E-state index in [0.29, 0.717) is 36.5 Å². The minimum atomic E-state index is -0.953. The summed E-state index contributed by atoms with van der Waals surface area (Å²) in [6, 6.07) is 4.71. The Bertz CT molecular complexity index is 652. The molecule has 2 aliphatic heterocycles. The van der Waals surface area contributed by atoms with E-state index in [9.17, 15) is 14.7 Å². The molecule has 1 N–H and O–H groups in total. The van der Waals surface area contributed by atoms with Gasteiger partial charge in [0.25, 0.3) is 5.91 Å². The highest BCUT2D eigenvalue weighted by Crippen LogP contribution is 2.36. The number of ether oxygens (including phenoxy) is 2. The van der Waals surface area contributed by atoms with Gasteiger partial charge in [0.05, 0.1) is 12.7 Å². The second-order valence-corrected chi connectivity index (χ2v) is 5.33. The van der Waals surface area contributed by atoms with Gasteiger partial charge >= 0.3 is 5.97 Å². The number of carboxylic acid groups (broad SMARTS) is 1. The Balaban J connectivity index is 1.88. The maximum Gasteiger partial charge on any atom is 0.326 e. The summed E-state index contributed by atoms with van der Waals surface area (Å²) >= 11 is 0. The number of hydrogen-bond acceptors (Lipinski definition) is 4. The smallest absolute Gasteiger partial charge is 0.326 e. The van der Waals surface area contributed by atoms with Gasteiger partial charge < -0.3 is 19.5 Å². The zero-order valence-electron chi connectivity index (χ0n) is 12.2. The Labute approximate surface area is 127 Å².